The molecule has 0 aromatic heterocycles. The Bertz CT molecular complexity index is 588. The minimum Gasteiger partial charge on any atom is -0.481 e. The number of amides is 1. The van der Waals surface area contributed by atoms with Gasteiger partial charge < -0.3 is 14.9 Å². The standard InChI is InChI=1S/C17H24ClN3O3/c1-13(17(23)24)11-19(2)12-16(22)21-8-6-20(7-9-21)15-5-3-4-14(18)10-15/h3-5,10,13H,6-9,11-12H2,1-2H3,(H,23,24). The summed E-state index contributed by atoms with van der Waals surface area (Å²) in [6.45, 7) is 5.11. The van der Waals surface area contributed by atoms with Crippen molar-refractivity contribution in [2.75, 3.05) is 51.2 Å². The van der Waals surface area contributed by atoms with Crippen molar-refractivity contribution in [1.82, 2.24) is 9.80 Å². The average Bonchev–Trinajstić information content (AvgIpc) is 2.54. The fourth-order valence-corrected chi connectivity index (χ4v) is 3.01. The SMILES string of the molecule is CC(CN(C)CC(=O)N1CCN(c2cccc(Cl)c2)CC1)C(=O)O. The number of piperazine rings is 1. The van der Waals surface area contributed by atoms with Gasteiger partial charge in [-0.05, 0) is 25.2 Å². The predicted octanol–water partition coefficient (Wildman–Crippen LogP) is 1.64. The molecule has 0 saturated carbocycles. The van der Waals surface area contributed by atoms with E-state index in [-0.39, 0.29) is 12.5 Å². The Morgan fingerprint density at radius 2 is 1.96 bits per heavy atom. The molecule has 1 atom stereocenters. The van der Waals surface area contributed by atoms with Crippen LogP contribution in [0.2, 0.25) is 5.02 Å². The number of rotatable bonds is 6. The Morgan fingerprint density at radius 1 is 1.29 bits per heavy atom. The third-order valence-corrected chi connectivity index (χ3v) is 4.45. The molecule has 1 unspecified atom stereocenters. The second-order valence-electron chi connectivity index (χ2n) is 6.28. The highest BCUT2D eigenvalue weighted by molar-refractivity contribution is 6.30. The number of hydrogen-bond acceptors (Lipinski definition) is 4. The molecule has 1 aromatic rings. The molecule has 24 heavy (non-hydrogen) atoms. The normalized spacial score (nSPS) is 16.3. The maximum atomic E-state index is 12.4. The maximum absolute atomic E-state index is 12.4. The molecule has 1 N–H and O–H groups in total. The molecule has 1 fully saturated rings. The number of likely N-dealkylation sites (N-methyl/N-ethyl adjacent to an activating group) is 1. The lowest BCUT2D eigenvalue weighted by atomic mass is 10.2. The van der Waals surface area contributed by atoms with E-state index < -0.39 is 11.9 Å². The van der Waals surface area contributed by atoms with E-state index in [1.54, 1.807) is 18.9 Å². The van der Waals surface area contributed by atoms with E-state index in [1.165, 1.54) is 0 Å². The second kappa shape index (κ2) is 8.35. The summed E-state index contributed by atoms with van der Waals surface area (Å²) in [4.78, 5) is 29.1. The first-order valence-electron chi connectivity index (χ1n) is 8.06. The Kier molecular flexibility index (Phi) is 6.45. The molecule has 1 saturated heterocycles. The summed E-state index contributed by atoms with van der Waals surface area (Å²) in [7, 11) is 1.78. The van der Waals surface area contributed by atoms with Crippen molar-refractivity contribution in [3.63, 3.8) is 0 Å². The number of anilines is 1. The van der Waals surface area contributed by atoms with Crippen LogP contribution in [-0.2, 0) is 9.59 Å². The summed E-state index contributed by atoms with van der Waals surface area (Å²) in [5.41, 5.74) is 1.07. The van der Waals surface area contributed by atoms with Crippen LogP contribution < -0.4 is 4.90 Å². The van der Waals surface area contributed by atoms with Crippen LogP contribution in [-0.4, -0.2) is 73.1 Å². The lowest BCUT2D eigenvalue weighted by Crippen LogP contribution is -2.51. The highest BCUT2D eigenvalue weighted by Gasteiger charge is 2.23. The van der Waals surface area contributed by atoms with Gasteiger partial charge in [0.05, 0.1) is 12.5 Å². The summed E-state index contributed by atoms with van der Waals surface area (Å²) in [5.74, 6) is -1.28. The van der Waals surface area contributed by atoms with E-state index in [1.807, 2.05) is 29.2 Å². The Morgan fingerprint density at radius 3 is 2.54 bits per heavy atom. The number of carbonyl (C=O) groups is 2. The topological polar surface area (TPSA) is 64.1 Å². The largest absolute Gasteiger partial charge is 0.481 e. The molecule has 0 spiro atoms. The van der Waals surface area contributed by atoms with E-state index in [0.717, 1.165) is 18.8 Å². The number of hydrogen-bond donors (Lipinski definition) is 1. The monoisotopic (exact) mass is 353 g/mol. The summed E-state index contributed by atoms with van der Waals surface area (Å²) in [6.07, 6.45) is 0. The number of nitrogens with zero attached hydrogens (tertiary/aromatic N) is 3. The van der Waals surface area contributed by atoms with Crippen molar-refractivity contribution in [2.45, 2.75) is 6.92 Å². The molecule has 0 aliphatic carbocycles. The molecule has 1 amide bonds. The van der Waals surface area contributed by atoms with E-state index >= 15 is 0 Å². The van der Waals surface area contributed by atoms with Crippen LogP contribution in [0.5, 0.6) is 0 Å². The number of benzene rings is 1. The van der Waals surface area contributed by atoms with Gasteiger partial charge in [-0.15, -0.1) is 0 Å². The van der Waals surface area contributed by atoms with Gasteiger partial charge in [0, 0.05) is 43.4 Å². The number of halogens is 1. The van der Waals surface area contributed by atoms with Crippen LogP contribution in [0.15, 0.2) is 24.3 Å². The quantitative estimate of drug-likeness (QED) is 0.842. The number of aliphatic carboxylic acids is 1. The summed E-state index contributed by atoms with van der Waals surface area (Å²) in [5, 5.41) is 9.64. The van der Waals surface area contributed by atoms with E-state index in [4.69, 9.17) is 16.7 Å². The van der Waals surface area contributed by atoms with Gasteiger partial charge in [0.1, 0.15) is 0 Å². The highest BCUT2D eigenvalue weighted by Crippen LogP contribution is 2.20. The first kappa shape index (κ1) is 18.5. The van der Waals surface area contributed by atoms with Crippen LogP contribution in [0.25, 0.3) is 0 Å². The Balaban J connectivity index is 1.81. The van der Waals surface area contributed by atoms with E-state index in [9.17, 15) is 9.59 Å². The van der Waals surface area contributed by atoms with Gasteiger partial charge in [0.25, 0.3) is 0 Å². The zero-order chi connectivity index (χ0) is 17.7. The summed E-state index contributed by atoms with van der Waals surface area (Å²) < 4.78 is 0. The van der Waals surface area contributed by atoms with Crippen LogP contribution in [0.1, 0.15) is 6.92 Å². The predicted molar refractivity (Wildman–Crippen MR) is 94.5 cm³/mol. The lowest BCUT2D eigenvalue weighted by molar-refractivity contribution is -0.142. The second-order valence-corrected chi connectivity index (χ2v) is 6.72. The minimum absolute atomic E-state index is 0.0424. The highest BCUT2D eigenvalue weighted by atomic mass is 35.5. The average molecular weight is 354 g/mol. The zero-order valence-electron chi connectivity index (χ0n) is 14.1. The van der Waals surface area contributed by atoms with Crippen molar-refractivity contribution in [1.29, 1.82) is 0 Å². The van der Waals surface area contributed by atoms with Gasteiger partial charge in [-0.25, -0.2) is 0 Å². The molecule has 2 rings (SSSR count). The summed E-state index contributed by atoms with van der Waals surface area (Å²) in [6, 6.07) is 7.72. The van der Waals surface area contributed by atoms with Gasteiger partial charge in [0.15, 0.2) is 0 Å². The molecule has 0 bridgehead atoms. The molecular formula is C17H24ClN3O3. The fraction of sp³-hybridized carbons (Fsp3) is 0.529. The molecule has 6 nitrogen and oxygen atoms in total. The van der Waals surface area contributed by atoms with Crippen molar-refractivity contribution in [2.24, 2.45) is 5.92 Å². The third-order valence-electron chi connectivity index (χ3n) is 4.22. The Labute approximate surface area is 147 Å². The first-order chi connectivity index (χ1) is 11.4. The van der Waals surface area contributed by atoms with Crippen LogP contribution in [0.3, 0.4) is 0 Å². The number of carbonyl (C=O) groups excluding carboxylic acids is 1. The van der Waals surface area contributed by atoms with Gasteiger partial charge in [0.2, 0.25) is 5.91 Å². The van der Waals surface area contributed by atoms with Crippen molar-refractivity contribution < 1.29 is 14.7 Å². The van der Waals surface area contributed by atoms with E-state index in [0.29, 0.717) is 24.7 Å². The molecule has 132 valence electrons. The molecule has 1 aliphatic heterocycles. The first-order valence-corrected chi connectivity index (χ1v) is 8.44. The maximum Gasteiger partial charge on any atom is 0.307 e. The minimum atomic E-state index is -0.843. The van der Waals surface area contributed by atoms with E-state index in [2.05, 4.69) is 4.90 Å². The van der Waals surface area contributed by atoms with Crippen LogP contribution >= 0.6 is 11.6 Å². The third kappa shape index (κ3) is 5.11. The molecular weight excluding hydrogens is 330 g/mol. The van der Waals surface area contributed by atoms with Crippen molar-refractivity contribution in [3.8, 4) is 0 Å². The van der Waals surface area contributed by atoms with Gasteiger partial charge >= 0.3 is 5.97 Å². The molecule has 1 aliphatic rings. The molecule has 0 radical (unpaired) electrons. The number of carboxylic acids is 1. The fourth-order valence-electron chi connectivity index (χ4n) is 2.83. The molecule has 7 heteroatoms. The molecule has 1 heterocycles. The van der Waals surface area contributed by atoms with Gasteiger partial charge in [-0.1, -0.05) is 24.6 Å². The lowest BCUT2D eigenvalue weighted by Gasteiger charge is -2.37. The van der Waals surface area contributed by atoms with Crippen molar-refractivity contribution in [3.05, 3.63) is 29.3 Å². The van der Waals surface area contributed by atoms with Gasteiger partial charge in [-0.2, -0.15) is 0 Å². The van der Waals surface area contributed by atoms with Crippen LogP contribution in [0, 0.1) is 5.92 Å². The smallest absolute Gasteiger partial charge is 0.307 e. The molecule has 1 aromatic carbocycles. The zero-order valence-corrected chi connectivity index (χ0v) is 14.9. The van der Waals surface area contributed by atoms with Crippen LogP contribution in [0.4, 0.5) is 5.69 Å². The Hall–Kier alpha value is -1.79. The van der Waals surface area contributed by atoms with Crippen molar-refractivity contribution >= 4 is 29.2 Å². The summed E-state index contributed by atoms with van der Waals surface area (Å²) >= 11 is 6.03. The number of carboxylic acid groups (broad SMARTS) is 1. The van der Waals surface area contributed by atoms with Gasteiger partial charge in [-0.3, -0.25) is 14.5 Å².